The van der Waals surface area contributed by atoms with Crippen LogP contribution < -0.4 is 10.8 Å². The molecule has 8 heteroatoms. The third-order valence-corrected chi connectivity index (χ3v) is 6.62. The Morgan fingerprint density at radius 1 is 0.974 bits per heavy atom. The molecule has 4 aromatic rings. The maximum absolute atomic E-state index is 13.1. The Balaban J connectivity index is 1.40. The van der Waals surface area contributed by atoms with Gasteiger partial charge in [0.15, 0.2) is 0 Å². The summed E-state index contributed by atoms with van der Waals surface area (Å²) < 4.78 is 16.4. The highest BCUT2D eigenvalue weighted by Gasteiger charge is 2.25. The third-order valence-electron chi connectivity index (χ3n) is 6.62. The van der Waals surface area contributed by atoms with Gasteiger partial charge in [0.2, 0.25) is 5.91 Å². The molecule has 0 aliphatic carbocycles. The second kappa shape index (κ2) is 14.2. The molecule has 0 unspecified atom stereocenters. The van der Waals surface area contributed by atoms with Crippen LogP contribution in [0.5, 0.6) is 0 Å². The van der Waals surface area contributed by atoms with Crippen molar-refractivity contribution in [1.82, 2.24) is 10.8 Å². The predicted octanol–water partition coefficient (Wildman–Crippen LogP) is 5.35. The molecule has 1 aromatic heterocycles. The SMILES string of the molecule is COCOC[C@H](C[C@H](CCCc1ccccc1)C(=O)NO)NC(=O)c1ccc(-c2cc3ccccc3o2)cc1. The van der Waals surface area contributed by atoms with Gasteiger partial charge in [0.05, 0.1) is 12.6 Å². The fraction of sp³-hybridized carbons (Fsp3) is 0.290. The minimum absolute atomic E-state index is 0.0590. The van der Waals surface area contributed by atoms with Gasteiger partial charge in [-0.25, -0.2) is 5.48 Å². The summed E-state index contributed by atoms with van der Waals surface area (Å²) in [5.41, 5.74) is 5.09. The Hall–Kier alpha value is -3.98. The average molecular weight is 531 g/mol. The van der Waals surface area contributed by atoms with E-state index in [9.17, 15) is 14.8 Å². The van der Waals surface area contributed by atoms with Crippen LogP contribution >= 0.6 is 0 Å². The summed E-state index contributed by atoms with van der Waals surface area (Å²) in [6, 6.07) is 26.5. The van der Waals surface area contributed by atoms with E-state index in [0.717, 1.165) is 35.1 Å². The minimum Gasteiger partial charge on any atom is -0.456 e. The van der Waals surface area contributed by atoms with Crippen molar-refractivity contribution in [2.24, 2.45) is 5.92 Å². The first-order valence-corrected chi connectivity index (χ1v) is 13.0. The van der Waals surface area contributed by atoms with E-state index < -0.39 is 17.9 Å². The molecule has 0 aliphatic rings. The van der Waals surface area contributed by atoms with E-state index >= 15 is 0 Å². The second-order valence-corrected chi connectivity index (χ2v) is 9.46. The van der Waals surface area contributed by atoms with Gasteiger partial charge < -0.3 is 19.2 Å². The number of fused-ring (bicyclic) bond motifs is 1. The lowest BCUT2D eigenvalue weighted by Crippen LogP contribution is -2.42. The molecule has 1 heterocycles. The topological polar surface area (TPSA) is 110 Å². The Morgan fingerprint density at radius 3 is 2.44 bits per heavy atom. The molecule has 8 nitrogen and oxygen atoms in total. The van der Waals surface area contributed by atoms with Crippen LogP contribution in [0.2, 0.25) is 0 Å². The molecule has 0 spiro atoms. The van der Waals surface area contributed by atoms with Gasteiger partial charge in [-0.15, -0.1) is 0 Å². The van der Waals surface area contributed by atoms with E-state index in [4.69, 9.17) is 13.9 Å². The Morgan fingerprint density at radius 2 is 1.72 bits per heavy atom. The quantitative estimate of drug-likeness (QED) is 0.0877. The number of aryl methyl sites for hydroxylation is 1. The molecule has 0 radical (unpaired) electrons. The number of benzene rings is 3. The van der Waals surface area contributed by atoms with Crippen molar-refractivity contribution in [3.05, 3.63) is 96.1 Å². The molecule has 0 bridgehead atoms. The van der Waals surface area contributed by atoms with Gasteiger partial charge in [-0.05, 0) is 55.5 Å². The van der Waals surface area contributed by atoms with Crippen molar-refractivity contribution in [3.8, 4) is 11.3 Å². The minimum atomic E-state index is -0.509. The zero-order valence-corrected chi connectivity index (χ0v) is 22.0. The Kier molecular flexibility index (Phi) is 10.2. The lowest BCUT2D eigenvalue weighted by Gasteiger charge is -2.23. The van der Waals surface area contributed by atoms with Crippen LogP contribution in [0, 0.1) is 5.92 Å². The highest BCUT2D eigenvalue weighted by atomic mass is 16.7. The number of para-hydroxylation sites is 1. The summed E-state index contributed by atoms with van der Waals surface area (Å²) in [6.07, 6.45) is 2.41. The summed E-state index contributed by atoms with van der Waals surface area (Å²) in [7, 11) is 1.52. The largest absolute Gasteiger partial charge is 0.456 e. The van der Waals surface area contributed by atoms with Crippen LogP contribution in [0.1, 0.15) is 35.2 Å². The number of rotatable bonds is 14. The molecular formula is C31H34N2O6. The van der Waals surface area contributed by atoms with Crippen molar-refractivity contribution in [3.63, 3.8) is 0 Å². The van der Waals surface area contributed by atoms with Gasteiger partial charge in [0.25, 0.3) is 5.91 Å². The number of hydrogen-bond donors (Lipinski definition) is 3. The standard InChI is InChI=1S/C31H34N2O6/c1-37-21-38-20-27(18-26(31(35)33-36)12-7-10-22-8-3-2-4-9-22)32-30(34)24-16-14-23(15-17-24)29-19-25-11-5-6-13-28(25)39-29/h2-6,8-9,11,13-17,19,26-27,36H,7,10,12,18,20-21H2,1H3,(H,32,34)(H,33,35)/t26-,27-/m0/s1. The fourth-order valence-electron chi connectivity index (χ4n) is 4.61. The highest BCUT2D eigenvalue weighted by Crippen LogP contribution is 2.28. The highest BCUT2D eigenvalue weighted by molar-refractivity contribution is 5.95. The van der Waals surface area contributed by atoms with E-state index in [1.807, 2.05) is 72.8 Å². The number of furan rings is 1. The molecule has 2 amide bonds. The third kappa shape index (κ3) is 8.00. The molecule has 0 saturated carbocycles. The number of carbonyl (C=O) groups is 2. The zero-order valence-electron chi connectivity index (χ0n) is 22.0. The maximum atomic E-state index is 13.1. The van der Waals surface area contributed by atoms with Crippen LogP contribution in [0.4, 0.5) is 0 Å². The van der Waals surface area contributed by atoms with Gasteiger partial charge in [-0.1, -0.05) is 60.7 Å². The molecular weight excluding hydrogens is 496 g/mol. The van der Waals surface area contributed by atoms with Crippen LogP contribution in [-0.4, -0.2) is 43.6 Å². The Labute approximate surface area is 227 Å². The number of nitrogens with one attached hydrogen (secondary N) is 2. The molecule has 204 valence electrons. The molecule has 0 fully saturated rings. The van der Waals surface area contributed by atoms with Crippen molar-refractivity contribution >= 4 is 22.8 Å². The van der Waals surface area contributed by atoms with E-state index in [-0.39, 0.29) is 19.3 Å². The van der Waals surface area contributed by atoms with Crippen molar-refractivity contribution in [1.29, 1.82) is 0 Å². The van der Waals surface area contributed by atoms with E-state index in [1.165, 1.54) is 12.7 Å². The summed E-state index contributed by atoms with van der Waals surface area (Å²) in [6.45, 7) is 0.216. The van der Waals surface area contributed by atoms with Gasteiger partial charge in [-0.3, -0.25) is 14.8 Å². The second-order valence-electron chi connectivity index (χ2n) is 9.46. The number of ether oxygens (including phenoxy) is 2. The first kappa shape index (κ1) is 28.0. The van der Waals surface area contributed by atoms with E-state index in [0.29, 0.717) is 18.4 Å². The summed E-state index contributed by atoms with van der Waals surface area (Å²) >= 11 is 0. The monoisotopic (exact) mass is 530 g/mol. The number of hydroxylamine groups is 1. The van der Waals surface area contributed by atoms with Crippen LogP contribution in [0.15, 0.2) is 89.3 Å². The maximum Gasteiger partial charge on any atom is 0.251 e. The number of carbonyl (C=O) groups excluding carboxylic acids is 2. The fourth-order valence-corrected chi connectivity index (χ4v) is 4.61. The molecule has 0 saturated heterocycles. The normalized spacial score (nSPS) is 12.7. The molecule has 3 N–H and O–H groups in total. The molecule has 0 aliphatic heterocycles. The zero-order chi connectivity index (χ0) is 27.5. The number of amides is 2. The van der Waals surface area contributed by atoms with E-state index in [2.05, 4.69) is 5.32 Å². The molecule has 3 aromatic carbocycles. The molecule has 4 rings (SSSR count). The lowest BCUT2D eigenvalue weighted by molar-refractivity contribution is -0.134. The molecule has 39 heavy (non-hydrogen) atoms. The predicted molar refractivity (Wildman–Crippen MR) is 148 cm³/mol. The van der Waals surface area contributed by atoms with Gasteiger partial charge >= 0.3 is 0 Å². The summed E-state index contributed by atoms with van der Waals surface area (Å²) in [5, 5.41) is 13.3. The van der Waals surface area contributed by atoms with Gasteiger partial charge in [-0.2, -0.15) is 0 Å². The average Bonchev–Trinajstić information content (AvgIpc) is 3.41. The van der Waals surface area contributed by atoms with Gasteiger partial charge in [0.1, 0.15) is 18.1 Å². The summed E-state index contributed by atoms with van der Waals surface area (Å²) in [4.78, 5) is 25.6. The smallest absolute Gasteiger partial charge is 0.251 e. The van der Waals surface area contributed by atoms with Crippen LogP contribution in [0.25, 0.3) is 22.3 Å². The first-order valence-electron chi connectivity index (χ1n) is 13.0. The van der Waals surface area contributed by atoms with E-state index in [1.54, 1.807) is 17.6 Å². The number of methoxy groups -OCH3 is 1. The molecule has 2 atom stereocenters. The van der Waals surface area contributed by atoms with Crippen molar-refractivity contribution in [2.75, 3.05) is 20.5 Å². The number of hydrogen-bond acceptors (Lipinski definition) is 6. The van der Waals surface area contributed by atoms with Crippen LogP contribution in [0.3, 0.4) is 0 Å². The summed E-state index contributed by atoms with van der Waals surface area (Å²) in [5.74, 6) is -0.554. The van der Waals surface area contributed by atoms with Crippen molar-refractivity contribution < 1.29 is 28.7 Å². The first-order chi connectivity index (χ1) is 19.1. The van der Waals surface area contributed by atoms with Crippen LogP contribution in [-0.2, 0) is 20.7 Å². The van der Waals surface area contributed by atoms with Gasteiger partial charge in [0, 0.05) is 29.5 Å². The lowest BCUT2D eigenvalue weighted by atomic mass is 9.92. The van der Waals surface area contributed by atoms with Crippen molar-refractivity contribution in [2.45, 2.75) is 31.7 Å². The Bertz CT molecular complexity index is 1300.